The minimum absolute atomic E-state index is 0.0170. The van der Waals surface area contributed by atoms with Crippen LogP contribution in [0.3, 0.4) is 0 Å². The topological polar surface area (TPSA) is 49.4 Å². The summed E-state index contributed by atoms with van der Waals surface area (Å²) in [4.78, 5) is 27.8. The summed E-state index contributed by atoms with van der Waals surface area (Å²) in [6.07, 6.45) is 1.87. The summed E-state index contributed by atoms with van der Waals surface area (Å²) in [6, 6.07) is 15.9. The first-order chi connectivity index (χ1) is 15.0. The highest BCUT2D eigenvalue weighted by atomic mass is 79.9. The molecule has 0 aliphatic heterocycles. The van der Waals surface area contributed by atoms with Crippen molar-refractivity contribution in [1.29, 1.82) is 0 Å². The summed E-state index contributed by atoms with van der Waals surface area (Å²) in [5.74, 6) is -0.131. The lowest BCUT2D eigenvalue weighted by Gasteiger charge is -2.30. The molecule has 174 valence electrons. The van der Waals surface area contributed by atoms with Gasteiger partial charge in [0.25, 0.3) is 0 Å². The van der Waals surface area contributed by atoms with E-state index in [0.717, 1.165) is 22.0 Å². The fourth-order valence-electron chi connectivity index (χ4n) is 3.45. The number of nitrogens with one attached hydrogen (secondary N) is 1. The predicted molar refractivity (Wildman–Crippen MR) is 136 cm³/mol. The highest BCUT2D eigenvalue weighted by Crippen LogP contribution is 2.23. The van der Waals surface area contributed by atoms with Gasteiger partial charge in [0.2, 0.25) is 11.8 Å². The largest absolute Gasteiger partial charge is 0.352 e. The summed E-state index contributed by atoms with van der Waals surface area (Å²) < 4.78 is 0.957. The molecule has 0 fully saturated rings. The second kappa shape index (κ2) is 11.6. The molecule has 0 aromatic heterocycles. The molecule has 2 rings (SSSR count). The molecule has 2 unspecified atom stereocenters. The SMILES string of the molecule is CCC(C)NC(=O)C(C)N(Cc1cccc(Br)c1)C(=O)CCc1ccc(C(C)(C)C)cc1. The maximum Gasteiger partial charge on any atom is 0.242 e. The lowest BCUT2D eigenvalue weighted by atomic mass is 9.86. The molecule has 0 spiro atoms. The minimum atomic E-state index is -0.543. The third kappa shape index (κ3) is 7.77. The lowest BCUT2D eigenvalue weighted by molar-refractivity contribution is -0.140. The summed E-state index contributed by atoms with van der Waals surface area (Å²) in [5.41, 5.74) is 3.50. The molecule has 0 saturated heterocycles. The first-order valence-corrected chi connectivity index (χ1v) is 12.2. The van der Waals surface area contributed by atoms with Gasteiger partial charge in [0, 0.05) is 23.5 Å². The Morgan fingerprint density at radius 1 is 1.03 bits per heavy atom. The van der Waals surface area contributed by atoms with Gasteiger partial charge < -0.3 is 10.2 Å². The Hall–Kier alpha value is -2.14. The van der Waals surface area contributed by atoms with Crippen LogP contribution < -0.4 is 5.32 Å². The maximum atomic E-state index is 13.3. The number of hydrogen-bond donors (Lipinski definition) is 1. The van der Waals surface area contributed by atoms with E-state index in [-0.39, 0.29) is 23.3 Å². The molecular weight excluding hydrogens is 464 g/mol. The molecule has 32 heavy (non-hydrogen) atoms. The highest BCUT2D eigenvalue weighted by Gasteiger charge is 2.26. The Kier molecular flexibility index (Phi) is 9.50. The van der Waals surface area contributed by atoms with Gasteiger partial charge in [-0.1, -0.05) is 80.0 Å². The van der Waals surface area contributed by atoms with Crippen LogP contribution in [-0.2, 0) is 28.0 Å². The van der Waals surface area contributed by atoms with Crippen LogP contribution in [0.15, 0.2) is 53.0 Å². The molecule has 0 aliphatic rings. The zero-order valence-electron chi connectivity index (χ0n) is 20.2. The number of carbonyl (C=O) groups is 2. The monoisotopic (exact) mass is 500 g/mol. The maximum absolute atomic E-state index is 13.3. The van der Waals surface area contributed by atoms with Crippen molar-refractivity contribution in [3.63, 3.8) is 0 Å². The fourth-order valence-corrected chi connectivity index (χ4v) is 3.89. The van der Waals surface area contributed by atoms with Gasteiger partial charge in [-0.2, -0.15) is 0 Å². The Bertz CT molecular complexity index is 903. The number of halogens is 1. The Morgan fingerprint density at radius 3 is 2.25 bits per heavy atom. The van der Waals surface area contributed by atoms with Crippen LogP contribution in [0.25, 0.3) is 0 Å². The summed E-state index contributed by atoms with van der Waals surface area (Å²) in [7, 11) is 0. The van der Waals surface area contributed by atoms with Gasteiger partial charge in [-0.05, 0) is 60.9 Å². The number of rotatable bonds is 9. The standard InChI is InChI=1S/C27H37BrN2O2/c1-7-19(2)29-26(32)20(3)30(18-22-9-8-10-24(28)17-22)25(31)16-13-21-11-14-23(15-12-21)27(4,5)6/h8-12,14-15,17,19-20H,7,13,16,18H2,1-6H3,(H,29,32). The van der Waals surface area contributed by atoms with E-state index in [2.05, 4.69) is 66.3 Å². The summed E-state index contributed by atoms with van der Waals surface area (Å²) in [6.45, 7) is 12.8. The van der Waals surface area contributed by atoms with Crippen molar-refractivity contribution in [2.45, 2.75) is 84.8 Å². The normalized spacial score (nSPS) is 13.3. The third-order valence-corrected chi connectivity index (χ3v) is 6.35. The smallest absolute Gasteiger partial charge is 0.242 e. The van der Waals surface area contributed by atoms with Crippen LogP contribution in [-0.4, -0.2) is 28.8 Å². The van der Waals surface area contributed by atoms with E-state index >= 15 is 0 Å². The van der Waals surface area contributed by atoms with E-state index in [1.165, 1.54) is 5.56 Å². The van der Waals surface area contributed by atoms with E-state index in [4.69, 9.17) is 0 Å². The van der Waals surface area contributed by atoms with E-state index in [1.54, 1.807) is 4.90 Å². The quantitative estimate of drug-likeness (QED) is 0.458. The Morgan fingerprint density at radius 2 is 1.69 bits per heavy atom. The average Bonchev–Trinajstić information content (AvgIpc) is 2.75. The van der Waals surface area contributed by atoms with Crippen LogP contribution in [0.2, 0.25) is 0 Å². The second-order valence-corrected chi connectivity index (χ2v) is 10.5. The van der Waals surface area contributed by atoms with E-state index in [0.29, 0.717) is 19.4 Å². The van der Waals surface area contributed by atoms with Gasteiger partial charge in [-0.15, -0.1) is 0 Å². The number of amides is 2. The van der Waals surface area contributed by atoms with Gasteiger partial charge in [-0.25, -0.2) is 0 Å². The zero-order chi connectivity index (χ0) is 23.9. The van der Waals surface area contributed by atoms with Crippen LogP contribution in [0.4, 0.5) is 0 Å². The van der Waals surface area contributed by atoms with Gasteiger partial charge in [0.05, 0.1) is 0 Å². The molecule has 2 amide bonds. The van der Waals surface area contributed by atoms with Crippen LogP contribution >= 0.6 is 15.9 Å². The summed E-state index contributed by atoms with van der Waals surface area (Å²) in [5, 5.41) is 3.01. The fraction of sp³-hybridized carbons (Fsp3) is 0.481. The van der Waals surface area contributed by atoms with Crippen LogP contribution in [0.5, 0.6) is 0 Å². The average molecular weight is 502 g/mol. The molecule has 0 aliphatic carbocycles. The van der Waals surface area contributed by atoms with Crippen molar-refractivity contribution < 1.29 is 9.59 Å². The number of benzene rings is 2. The first-order valence-electron chi connectivity index (χ1n) is 11.4. The van der Waals surface area contributed by atoms with Gasteiger partial charge >= 0.3 is 0 Å². The second-order valence-electron chi connectivity index (χ2n) is 9.59. The van der Waals surface area contributed by atoms with Gasteiger partial charge in [-0.3, -0.25) is 9.59 Å². The lowest BCUT2D eigenvalue weighted by Crippen LogP contribution is -2.49. The van der Waals surface area contributed by atoms with E-state index < -0.39 is 6.04 Å². The van der Waals surface area contributed by atoms with E-state index in [9.17, 15) is 9.59 Å². The molecule has 0 saturated carbocycles. The molecule has 5 heteroatoms. The molecule has 2 atom stereocenters. The molecule has 2 aromatic carbocycles. The molecule has 0 bridgehead atoms. The predicted octanol–water partition coefficient (Wildman–Crippen LogP) is 6.01. The summed E-state index contributed by atoms with van der Waals surface area (Å²) >= 11 is 3.50. The number of nitrogens with zero attached hydrogens (tertiary/aromatic N) is 1. The van der Waals surface area contributed by atoms with Crippen molar-refractivity contribution in [2.24, 2.45) is 0 Å². The van der Waals surface area contributed by atoms with Crippen molar-refractivity contribution in [1.82, 2.24) is 10.2 Å². The van der Waals surface area contributed by atoms with Crippen molar-refractivity contribution >= 4 is 27.7 Å². The number of hydrogen-bond acceptors (Lipinski definition) is 2. The molecule has 0 heterocycles. The van der Waals surface area contributed by atoms with E-state index in [1.807, 2.05) is 45.0 Å². The van der Waals surface area contributed by atoms with Crippen LogP contribution in [0, 0.1) is 0 Å². The zero-order valence-corrected chi connectivity index (χ0v) is 21.8. The Balaban J connectivity index is 2.14. The number of carbonyl (C=O) groups excluding carboxylic acids is 2. The first kappa shape index (κ1) is 26.1. The number of aryl methyl sites for hydroxylation is 1. The molecule has 1 N–H and O–H groups in total. The van der Waals surface area contributed by atoms with Crippen LogP contribution in [0.1, 0.15) is 71.1 Å². The van der Waals surface area contributed by atoms with Gasteiger partial charge in [0.1, 0.15) is 6.04 Å². The molecule has 2 aromatic rings. The molecule has 4 nitrogen and oxygen atoms in total. The van der Waals surface area contributed by atoms with Crippen molar-refractivity contribution in [3.05, 3.63) is 69.7 Å². The molecule has 0 radical (unpaired) electrons. The Labute approximate surface area is 201 Å². The minimum Gasteiger partial charge on any atom is -0.352 e. The highest BCUT2D eigenvalue weighted by molar-refractivity contribution is 9.10. The van der Waals surface area contributed by atoms with Gasteiger partial charge in [0.15, 0.2) is 0 Å². The van der Waals surface area contributed by atoms with Crippen molar-refractivity contribution in [2.75, 3.05) is 0 Å². The molecular formula is C27H37BrN2O2. The third-order valence-electron chi connectivity index (χ3n) is 5.86. The van der Waals surface area contributed by atoms with Crippen molar-refractivity contribution in [3.8, 4) is 0 Å².